The van der Waals surface area contributed by atoms with Gasteiger partial charge in [-0.1, -0.05) is 6.92 Å². The Morgan fingerprint density at radius 1 is 1.58 bits per heavy atom. The van der Waals surface area contributed by atoms with Crippen LogP contribution >= 0.6 is 11.6 Å². The molecule has 0 saturated heterocycles. The molecule has 1 aliphatic rings. The second kappa shape index (κ2) is 3.09. The van der Waals surface area contributed by atoms with E-state index < -0.39 is 0 Å². The van der Waals surface area contributed by atoms with E-state index in [2.05, 4.69) is 17.1 Å². The molecule has 0 aliphatic heterocycles. The fourth-order valence-electron chi connectivity index (χ4n) is 1.55. The number of hydrogen-bond acceptors (Lipinski definition) is 1. The maximum absolute atomic E-state index is 5.87. The molecule has 0 bridgehead atoms. The molecule has 1 aliphatic carbocycles. The third kappa shape index (κ3) is 1.24. The molecule has 1 N–H and O–H groups in total. The van der Waals surface area contributed by atoms with Crippen LogP contribution in [0.1, 0.15) is 42.6 Å². The lowest BCUT2D eigenvalue weighted by atomic mass is 10.1. The molecule has 1 saturated carbocycles. The Bertz CT molecular complexity index is 276. The fourth-order valence-corrected chi connectivity index (χ4v) is 1.85. The number of aryl methyl sites for hydroxylation is 1. The van der Waals surface area contributed by atoms with Crippen molar-refractivity contribution in [3.05, 3.63) is 17.0 Å². The summed E-state index contributed by atoms with van der Waals surface area (Å²) in [5.74, 6) is 1.31. The van der Waals surface area contributed by atoms with E-state index in [1.165, 1.54) is 29.8 Å². The van der Waals surface area contributed by atoms with Gasteiger partial charge in [0.25, 0.3) is 0 Å². The summed E-state index contributed by atoms with van der Waals surface area (Å²) >= 11 is 5.87. The first-order chi connectivity index (χ1) is 5.86. The normalized spacial score (nSPS) is 16.8. The van der Waals surface area contributed by atoms with Crippen LogP contribution in [0, 0.1) is 0 Å². The number of aromatic amines is 1. The molecule has 0 radical (unpaired) electrons. The maximum Gasteiger partial charge on any atom is 0.0699 e. The van der Waals surface area contributed by atoms with Gasteiger partial charge in [-0.25, -0.2) is 0 Å². The standard InChI is InChI=1S/C9H13ClN2/c1-2-8-7(5-10)9(12-11-8)6-3-4-6/h6H,2-5H2,1H3,(H,11,12). The highest BCUT2D eigenvalue weighted by Crippen LogP contribution is 2.41. The van der Waals surface area contributed by atoms with Crippen LogP contribution in [0.3, 0.4) is 0 Å². The van der Waals surface area contributed by atoms with Gasteiger partial charge in [0, 0.05) is 17.2 Å². The Hall–Kier alpha value is -0.500. The molecule has 0 amide bonds. The lowest BCUT2D eigenvalue weighted by Crippen LogP contribution is -1.89. The van der Waals surface area contributed by atoms with Crippen molar-refractivity contribution in [1.82, 2.24) is 10.2 Å². The van der Waals surface area contributed by atoms with Gasteiger partial charge in [0.1, 0.15) is 0 Å². The van der Waals surface area contributed by atoms with Crippen LogP contribution in [0.5, 0.6) is 0 Å². The van der Waals surface area contributed by atoms with Crippen LogP contribution in [0.15, 0.2) is 0 Å². The summed E-state index contributed by atoms with van der Waals surface area (Å²) in [4.78, 5) is 0. The monoisotopic (exact) mass is 184 g/mol. The van der Waals surface area contributed by atoms with Gasteiger partial charge < -0.3 is 0 Å². The highest BCUT2D eigenvalue weighted by Gasteiger charge is 2.29. The Balaban J connectivity index is 2.33. The number of rotatable bonds is 3. The van der Waals surface area contributed by atoms with Gasteiger partial charge in [0.15, 0.2) is 0 Å². The lowest BCUT2D eigenvalue weighted by Gasteiger charge is -1.97. The van der Waals surface area contributed by atoms with Crippen molar-refractivity contribution in [3.63, 3.8) is 0 Å². The number of aromatic nitrogens is 2. The number of nitrogens with one attached hydrogen (secondary N) is 1. The van der Waals surface area contributed by atoms with Crippen molar-refractivity contribution in [2.45, 2.75) is 38.0 Å². The third-order valence-corrected chi connectivity index (χ3v) is 2.70. The fraction of sp³-hybridized carbons (Fsp3) is 0.667. The minimum atomic E-state index is 0.603. The highest BCUT2D eigenvalue weighted by atomic mass is 35.5. The lowest BCUT2D eigenvalue weighted by molar-refractivity contribution is 0.931. The van der Waals surface area contributed by atoms with Gasteiger partial charge in [-0.15, -0.1) is 11.6 Å². The molecular formula is C9H13ClN2. The molecular weight excluding hydrogens is 172 g/mol. The van der Waals surface area contributed by atoms with Crippen LogP contribution in [0.2, 0.25) is 0 Å². The van der Waals surface area contributed by atoms with Crippen molar-refractivity contribution in [2.24, 2.45) is 0 Å². The van der Waals surface area contributed by atoms with E-state index in [1.54, 1.807) is 0 Å². The van der Waals surface area contributed by atoms with Gasteiger partial charge in [-0.2, -0.15) is 5.10 Å². The number of alkyl halides is 1. The smallest absolute Gasteiger partial charge is 0.0699 e. The predicted octanol–water partition coefficient (Wildman–Crippen LogP) is 2.59. The van der Waals surface area contributed by atoms with E-state index in [0.29, 0.717) is 11.8 Å². The number of nitrogens with zero attached hydrogens (tertiary/aromatic N) is 1. The number of hydrogen-bond donors (Lipinski definition) is 1. The molecule has 66 valence electrons. The van der Waals surface area contributed by atoms with Crippen LogP contribution < -0.4 is 0 Å². The molecule has 1 aromatic heterocycles. The molecule has 1 fully saturated rings. The summed E-state index contributed by atoms with van der Waals surface area (Å²) in [6.07, 6.45) is 3.58. The number of halogens is 1. The summed E-state index contributed by atoms with van der Waals surface area (Å²) in [7, 11) is 0. The molecule has 2 rings (SSSR count). The van der Waals surface area contributed by atoms with Gasteiger partial charge in [-0.3, -0.25) is 5.10 Å². The maximum atomic E-state index is 5.87. The molecule has 12 heavy (non-hydrogen) atoms. The highest BCUT2D eigenvalue weighted by molar-refractivity contribution is 6.17. The van der Waals surface area contributed by atoms with Crippen molar-refractivity contribution < 1.29 is 0 Å². The second-order valence-electron chi connectivity index (χ2n) is 3.33. The quantitative estimate of drug-likeness (QED) is 0.719. The van der Waals surface area contributed by atoms with E-state index in [4.69, 9.17) is 11.6 Å². The molecule has 1 heterocycles. The van der Waals surface area contributed by atoms with Gasteiger partial charge in [0.2, 0.25) is 0 Å². The zero-order valence-electron chi connectivity index (χ0n) is 7.23. The third-order valence-electron chi connectivity index (χ3n) is 2.44. The Morgan fingerprint density at radius 3 is 2.83 bits per heavy atom. The van der Waals surface area contributed by atoms with Gasteiger partial charge in [-0.05, 0) is 19.3 Å². The first kappa shape index (κ1) is 8.11. The van der Waals surface area contributed by atoms with Crippen molar-refractivity contribution in [3.8, 4) is 0 Å². The van der Waals surface area contributed by atoms with Crippen molar-refractivity contribution >= 4 is 11.6 Å². The summed E-state index contributed by atoms with van der Waals surface area (Å²) < 4.78 is 0. The first-order valence-electron chi connectivity index (χ1n) is 4.48. The average Bonchev–Trinajstić information content (AvgIpc) is 2.85. The van der Waals surface area contributed by atoms with Crippen LogP contribution in [-0.4, -0.2) is 10.2 Å². The first-order valence-corrected chi connectivity index (χ1v) is 5.02. The Kier molecular flexibility index (Phi) is 2.09. The second-order valence-corrected chi connectivity index (χ2v) is 3.59. The SMILES string of the molecule is CCc1[nH]nc(C2CC2)c1CCl. The van der Waals surface area contributed by atoms with E-state index in [-0.39, 0.29) is 0 Å². The largest absolute Gasteiger partial charge is 0.282 e. The summed E-state index contributed by atoms with van der Waals surface area (Å²) in [6.45, 7) is 2.13. The van der Waals surface area contributed by atoms with Crippen LogP contribution in [0.25, 0.3) is 0 Å². The minimum absolute atomic E-state index is 0.603. The van der Waals surface area contributed by atoms with Gasteiger partial charge >= 0.3 is 0 Å². The zero-order chi connectivity index (χ0) is 8.55. The Labute approximate surface area is 77.3 Å². The molecule has 1 aromatic rings. The molecule has 0 atom stereocenters. The van der Waals surface area contributed by atoms with Crippen molar-refractivity contribution in [1.29, 1.82) is 0 Å². The van der Waals surface area contributed by atoms with Crippen LogP contribution in [-0.2, 0) is 12.3 Å². The summed E-state index contributed by atoms with van der Waals surface area (Å²) in [5, 5.41) is 7.37. The number of H-pyrrole nitrogens is 1. The van der Waals surface area contributed by atoms with Crippen molar-refractivity contribution in [2.75, 3.05) is 0 Å². The average molecular weight is 185 g/mol. The molecule has 0 aromatic carbocycles. The molecule has 0 spiro atoms. The van der Waals surface area contributed by atoms with Gasteiger partial charge in [0.05, 0.1) is 11.6 Å². The molecule has 2 nitrogen and oxygen atoms in total. The van der Waals surface area contributed by atoms with E-state index in [9.17, 15) is 0 Å². The van der Waals surface area contributed by atoms with E-state index in [0.717, 1.165) is 6.42 Å². The van der Waals surface area contributed by atoms with Crippen LogP contribution in [0.4, 0.5) is 0 Å². The molecule has 3 heteroatoms. The minimum Gasteiger partial charge on any atom is -0.282 e. The molecule has 0 unspecified atom stereocenters. The Morgan fingerprint density at radius 2 is 2.33 bits per heavy atom. The predicted molar refractivity (Wildman–Crippen MR) is 49.5 cm³/mol. The van der Waals surface area contributed by atoms with E-state index >= 15 is 0 Å². The topological polar surface area (TPSA) is 28.7 Å². The van der Waals surface area contributed by atoms with E-state index in [1.807, 2.05) is 0 Å². The summed E-state index contributed by atoms with van der Waals surface area (Å²) in [6, 6.07) is 0. The zero-order valence-corrected chi connectivity index (χ0v) is 7.99. The summed E-state index contributed by atoms with van der Waals surface area (Å²) in [5.41, 5.74) is 3.69.